The number of piperidine rings is 2. The Hall–Kier alpha value is -3.23. The Balaban J connectivity index is 1.44. The maximum atomic E-state index is 13.0. The van der Waals surface area contributed by atoms with Gasteiger partial charge in [-0.05, 0) is 43.4 Å². The molecule has 9 nitrogen and oxygen atoms in total. The molecule has 0 saturated carbocycles. The molecule has 32 heavy (non-hydrogen) atoms. The highest BCUT2D eigenvalue weighted by atomic mass is 16.5. The molecule has 1 aromatic carbocycles. The van der Waals surface area contributed by atoms with Gasteiger partial charge in [0.2, 0.25) is 11.8 Å². The molecule has 0 radical (unpaired) electrons. The smallest absolute Gasteiger partial charge is 0.309 e. The van der Waals surface area contributed by atoms with Crippen molar-refractivity contribution in [2.24, 2.45) is 11.8 Å². The van der Waals surface area contributed by atoms with E-state index in [2.05, 4.69) is 10.2 Å². The van der Waals surface area contributed by atoms with Gasteiger partial charge in [-0.2, -0.15) is 0 Å². The number of anilines is 1. The van der Waals surface area contributed by atoms with Gasteiger partial charge in [-0.15, -0.1) is 0 Å². The van der Waals surface area contributed by atoms with E-state index in [0.717, 1.165) is 10.6 Å². The summed E-state index contributed by atoms with van der Waals surface area (Å²) in [5.74, 6) is -2.06. The number of nitrogens with zero attached hydrogens (tertiary/aromatic N) is 2. The van der Waals surface area contributed by atoms with Crippen LogP contribution in [0.15, 0.2) is 18.2 Å². The molecule has 0 spiro atoms. The molecular weight excluding hydrogens is 414 g/mol. The number of hydrogen-bond donors (Lipinski definition) is 1. The predicted molar refractivity (Wildman–Crippen MR) is 114 cm³/mol. The summed E-state index contributed by atoms with van der Waals surface area (Å²) in [4.78, 5) is 64.7. The van der Waals surface area contributed by atoms with Gasteiger partial charge < -0.3 is 9.64 Å². The van der Waals surface area contributed by atoms with Gasteiger partial charge in [0.25, 0.3) is 11.8 Å². The maximum Gasteiger partial charge on any atom is 0.309 e. The van der Waals surface area contributed by atoms with Crippen LogP contribution >= 0.6 is 0 Å². The van der Waals surface area contributed by atoms with Crippen LogP contribution in [0.3, 0.4) is 0 Å². The standard InChI is InChI=1S/C23H27N3O6/c1-13(2)12-32-23(31)14-7-9-25(10-8-14)15-3-4-16-17(11-15)22(30)26(21(16)29)18-5-6-19(27)24-20(18)28/h3-4,11,13-14,18H,5-10,12H2,1-2H3,(H,24,27,28). The zero-order valence-corrected chi connectivity index (χ0v) is 18.3. The molecule has 0 aromatic heterocycles. The van der Waals surface area contributed by atoms with Crippen molar-refractivity contribution in [2.45, 2.75) is 45.6 Å². The summed E-state index contributed by atoms with van der Waals surface area (Å²) in [5.41, 5.74) is 1.32. The van der Waals surface area contributed by atoms with Crippen LogP contribution in [-0.2, 0) is 19.1 Å². The van der Waals surface area contributed by atoms with Gasteiger partial charge in [0.05, 0.1) is 23.7 Å². The van der Waals surface area contributed by atoms with E-state index in [1.54, 1.807) is 18.2 Å². The Morgan fingerprint density at radius 2 is 1.75 bits per heavy atom. The van der Waals surface area contributed by atoms with Crippen molar-refractivity contribution in [1.82, 2.24) is 10.2 Å². The van der Waals surface area contributed by atoms with E-state index in [4.69, 9.17) is 4.74 Å². The number of esters is 1. The number of imide groups is 2. The van der Waals surface area contributed by atoms with Gasteiger partial charge in [0.15, 0.2) is 0 Å². The summed E-state index contributed by atoms with van der Waals surface area (Å²) in [6.45, 7) is 5.69. The molecule has 1 unspecified atom stereocenters. The molecule has 2 fully saturated rings. The molecule has 1 N–H and O–H groups in total. The highest BCUT2D eigenvalue weighted by molar-refractivity contribution is 6.23. The number of fused-ring (bicyclic) bond motifs is 1. The minimum Gasteiger partial charge on any atom is -0.465 e. The number of hydrogen-bond acceptors (Lipinski definition) is 7. The van der Waals surface area contributed by atoms with Crippen LogP contribution in [-0.4, -0.2) is 60.2 Å². The second-order valence-electron chi connectivity index (χ2n) is 8.96. The van der Waals surface area contributed by atoms with E-state index in [0.29, 0.717) is 38.5 Å². The van der Waals surface area contributed by atoms with Gasteiger partial charge in [0.1, 0.15) is 6.04 Å². The average Bonchev–Trinajstić information content (AvgIpc) is 3.02. The molecule has 9 heteroatoms. The Labute approximate surface area is 186 Å². The number of carbonyl (C=O) groups is 5. The molecule has 3 aliphatic rings. The van der Waals surface area contributed by atoms with Gasteiger partial charge in [-0.25, -0.2) is 0 Å². The lowest BCUT2D eigenvalue weighted by Gasteiger charge is -2.32. The van der Waals surface area contributed by atoms with Crippen molar-refractivity contribution in [2.75, 3.05) is 24.6 Å². The molecule has 3 aliphatic heterocycles. The highest BCUT2D eigenvalue weighted by Crippen LogP contribution is 2.32. The largest absolute Gasteiger partial charge is 0.465 e. The van der Waals surface area contributed by atoms with Crippen LogP contribution < -0.4 is 10.2 Å². The van der Waals surface area contributed by atoms with Crippen LogP contribution in [0.2, 0.25) is 0 Å². The van der Waals surface area contributed by atoms with Crippen molar-refractivity contribution in [1.29, 1.82) is 0 Å². The van der Waals surface area contributed by atoms with E-state index >= 15 is 0 Å². The lowest BCUT2D eigenvalue weighted by Crippen LogP contribution is -2.54. The van der Waals surface area contributed by atoms with Gasteiger partial charge in [-0.3, -0.25) is 34.2 Å². The van der Waals surface area contributed by atoms with Gasteiger partial charge in [-0.1, -0.05) is 13.8 Å². The number of benzene rings is 1. The highest BCUT2D eigenvalue weighted by Gasteiger charge is 2.44. The lowest BCUT2D eigenvalue weighted by atomic mass is 9.96. The second-order valence-corrected chi connectivity index (χ2v) is 8.96. The molecule has 3 heterocycles. The molecule has 2 saturated heterocycles. The second kappa shape index (κ2) is 8.72. The molecular formula is C23H27N3O6. The number of ether oxygens (including phenoxy) is 1. The Morgan fingerprint density at radius 1 is 1.06 bits per heavy atom. The Kier molecular flexibility index (Phi) is 5.99. The summed E-state index contributed by atoms with van der Waals surface area (Å²) in [6.07, 6.45) is 1.53. The summed E-state index contributed by atoms with van der Waals surface area (Å²) in [7, 11) is 0. The van der Waals surface area contributed by atoms with Crippen LogP contribution in [0.25, 0.3) is 0 Å². The van der Waals surface area contributed by atoms with Crippen LogP contribution in [0.5, 0.6) is 0 Å². The topological polar surface area (TPSA) is 113 Å². The fraction of sp³-hybridized carbons (Fsp3) is 0.522. The van der Waals surface area contributed by atoms with E-state index in [-0.39, 0.29) is 35.9 Å². The first-order valence-corrected chi connectivity index (χ1v) is 11.0. The zero-order valence-electron chi connectivity index (χ0n) is 18.3. The number of nitrogens with one attached hydrogen (secondary N) is 1. The Morgan fingerprint density at radius 3 is 2.41 bits per heavy atom. The van der Waals surface area contributed by atoms with E-state index in [1.165, 1.54) is 0 Å². The minimum absolute atomic E-state index is 0.0869. The number of amides is 4. The van der Waals surface area contributed by atoms with Gasteiger partial charge >= 0.3 is 5.97 Å². The summed E-state index contributed by atoms with van der Waals surface area (Å²) in [6, 6.07) is 4.10. The first kappa shape index (κ1) is 22.0. The number of rotatable bonds is 5. The third kappa shape index (κ3) is 4.11. The molecule has 0 bridgehead atoms. The Bertz CT molecular complexity index is 980. The quantitative estimate of drug-likeness (QED) is 0.544. The SMILES string of the molecule is CC(C)COC(=O)C1CCN(c2ccc3c(c2)C(=O)N(C2CCC(=O)NC2=O)C3=O)CC1. The van der Waals surface area contributed by atoms with Crippen molar-refractivity contribution in [3.05, 3.63) is 29.3 Å². The normalized spacial score (nSPS) is 21.8. The first-order chi connectivity index (χ1) is 15.3. The average molecular weight is 441 g/mol. The molecule has 0 aliphatic carbocycles. The third-order valence-electron chi connectivity index (χ3n) is 6.18. The van der Waals surface area contributed by atoms with Crippen LogP contribution in [0, 0.1) is 11.8 Å². The fourth-order valence-corrected chi connectivity index (χ4v) is 4.40. The summed E-state index contributed by atoms with van der Waals surface area (Å²) >= 11 is 0. The van der Waals surface area contributed by atoms with Crippen LogP contribution in [0.4, 0.5) is 5.69 Å². The van der Waals surface area contributed by atoms with E-state index in [1.807, 2.05) is 13.8 Å². The molecule has 170 valence electrons. The molecule has 4 rings (SSSR count). The van der Waals surface area contributed by atoms with Crippen molar-refractivity contribution in [3.8, 4) is 0 Å². The van der Waals surface area contributed by atoms with Gasteiger partial charge in [0, 0.05) is 25.2 Å². The van der Waals surface area contributed by atoms with E-state index in [9.17, 15) is 24.0 Å². The van der Waals surface area contributed by atoms with E-state index < -0.39 is 29.7 Å². The van der Waals surface area contributed by atoms with Crippen molar-refractivity contribution < 1.29 is 28.7 Å². The summed E-state index contributed by atoms with van der Waals surface area (Å²) in [5, 5.41) is 2.20. The monoisotopic (exact) mass is 441 g/mol. The molecule has 4 amide bonds. The maximum absolute atomic E-state index is 13.0. The zero-order chi connectivity index (χ0) is 23.0. The fourth-order valence-electron chi connectivity index (χ4n) is 4.40. The first-order valence-electron chi connectivity index (χ1n) is 11.0. The van der Waals surface area contributed by atoms with Crippen molar-refractivity contribution >= 4 is 35.3 Å². The molecule has 1 aromatic rings. The molecule has 1 atom stereocenters. The lowest BCUT2D eigenvalue weighted by molar-refractivity contribution is -0.150. The third-order valence-corrected chi connectivity index (χ3v) is 6.18. The van der Waals surface area contributed by atoms with Crippen molar-refractivity contribution in [3.63, 3.8) is 0 Å². The predicted octanol–water partition coefficient (Wildman–Crippen LogP) is 1.50. The number of carbonyl (C=O) groups excluding carboxylic acids is 5. The minimum atomic E-state index is -0.976. The van der Waals surface area contributed by atoms with Crippen LogP contribution in [0.1, 0.15) is 60.2 Å². The summed E-state index contributed by atoms with van der Waals surface area (Å²) < 4.78 is 5.36.